The van der Waals surface area contributed by atoms with Crippen molar-refractivity contribution in [3.05, 3.63) is 58.9 Å². The van der Waals surface area contributed by atoms with Gasteiger partial charge in [0.1, 0.15) is 5.82 Å². The zero-order chi connectivity index (χ0) is 24.0. The lowest BCUT2D eigenvalue weighted by Gasteiger charge is -2.32. The largest absolute Gasteiger partial charge is 0.419 e. The van der Waals surface area contributed by atoms with E-state index in [1.807, 2.05) is 6.07 Å². The molecule has 0 saturated carbocycles. The van der Waals surface area contributed by atoms with Gasteiger partial charge in [-0.15, -0.1) is 0 Å². The van der Waals surface area contributed by atoms with Gasteiger partial charge >= 0.3 is 6.18 Å². The van der Waals surface area contributed by atoms with Crippen molar-refractivity contribution in [1.29, 1.82) is 0 Å². The molecule has 2 aliphatic rings. The van der Waals surface area contributed by atoms with E-state index in [9.17, 15) is 30.8 Å². The van der Waals surface area contributed by atoms with E-state index in [0.29, 0.717) is 44.2 Å². The van der Waals surface area contributed by atoms with Gasteiger partial charge in [-0.05, 0) is 48.2 Å². The molecule has 2 heterocycles. The monoisotopic (exact) mass is 485 g/mol. The molecule has 33 heavy (non-hydrogen) atoms. The first-order valence-electron chi connectivity index (χ1n) is 10.4. The molecule has 2 aromatic rings. The summed E-state index contributed by atoms with van der Waals surface area (Å²) in [6.45, 7) is 1.29. The maximum atomic E-state index is 13.9. The van der Waals surface area contributed by atoms with E-state index in [1.165, 1.54) is 10.4 Å². The summed E-state index contributed by atoms with van der Waals surface area (Å²) in [5, 5.41) is 2.99. The third-order valence-corrected chi connectivity index (χ3v) is 7.37. The lowest BCUT2D eigenvalue weighted by molar-refractivity contribution is -0.140. The van der Waals surface area contributed by atoms with E-state index in [1.54, 1.807) is 17.0 Å². The molecule has 1 fully saturated rings. The second-order valence-electron chi connectivity index (χ2n) is 8.38. The van der Waals surface area contributed by atoms with Gasteiger partial charge in [-0.25, -0.2) is 17.1 Å². The highest BCUT2D eigenvalue weighted by Crippen LogP contribution is 2.34. The van der Waals surface area contributed by atoms with E-state index in [-0.39, 0.29) is 24.1 Å². The van der Waals surface area contributed by atoms with Gasteiger partial charge in [0.25, 0.3) is 0 Å². The number of hydrogen-bond donors (Lipinski definition) is 1. The molecule has 1 amide bonds. The van der Waals surface area contributed by atoms with E-state index in [4.69, 9.17) is 0 Å². The SMILES string of the molecule is CS(=O)(=O)N1CCC(C(=O)N2CCc3c(cccc3Nc3ccc(C(F)(F)F)c(F)c3)C2)C1. The fourth-order valence-electron chi connectivity index (χ4n) is 4.38. The van der Waals surface area contributed by atoms with Crippen LogP contribution in [0.2, 0.25) is 0 Å². The number of sulfonamides is 1. The first-order valence-corrected chi connectivity index (χ1v) is 12.3. The van der Waals surface area contributed by atoms with Crippen molar-refractivity contribution in [2.45, 2.75) is 25.6 Å². The predicted molar refractivity (Wildman–Crippen MR) is 115 cm³/mol. The lowest BCUT2D eigenvalue weighted by Crippen LogP contribution is -2.41. The topological polar surface area (TPSA) is 69.7 Å². The number of fused-ring (bicyclic) bond motifs is 1. The normalized spacial score (nSPS) is 19.4. The zero-order valence-corrected chi connectivity index (χ0v) is 18.6. The Bertz CT molecular complexity index is 1180. The molecule has 2 aromatic carbocycles. The van der Waals surface area contributed by atoms with E-state index in [0.717, 1.165) is 23.4 Å². The number of halogens is 4. The minimum absolute atomic E-state index is 0.0880. The minimum atomic E-state index is -4.76. The molecule has 0 aromatic heterocycles. The van der Waals surface area contributed by atoms with Gasteiger partial charge in [0.05, 0.1) is 17.7 Å². The van der Waals surface area contributed by atoms with Crippen molar-refractivity contribution in [2.24, 2.45) is 5.92 Å². The van der Waals surface area contributed by atoms with Gasteiger partial charge in [-0.3, -0.25) is 4.79 Å². The van der Waals surface area contributed by atoms with Gasteiger partial charge in [-0.2, -0.15) is 13.2 Å². The van der Waals surface area contributed by atoms with Gasteiger partial charge in [-0.1, -0.05) is 12.1 Å². The standard InChI is InChI=1S/C22H23F4N3O3S/c1-33(31,32)29-10-7-15(13-29)21(30)28-9-8-17-14(12-28)3-2-4-20(17)27-16-5-6-18(19(23)11-16)22(24,25)26/h2-6,11,15,27H,7-10,12-13H2,1H3. The number of hydrogen-bond acceptors (Lipinski definition) is 4. The van der Waals surface area contributed by atoms with Crippen LogP contribution in [-0.2, 0) is 34.0 Å². The average molecular weight is 486 g/mol. The molecule has 0 spiro atoms. The van der Waals surface area contributed by atoms with Gasteiger partial charge in [0.2, 0.25) is 15.9 Å². The number of nitrogens with zero attached hydrogens (tertiary/aromatic N) is 2. The van der Waals surface area contributed by atoms with E-state index in [2.05, 4.69) is 5.32 Å². The Kier molecular flexibility index (Phi) is 6.12. The third kappa shape index (κ3) is 4.98. The minimum Gasteiger partial charge on any atom is -0.355 e. The van der Waals surface area contributed by atoms with E-state index >= 15 is 0 Å². The lowest BCUT2D eigenvalue weighted by atomic mass is 9.96. The first kappa shape index (κ1) is 23.5. The quantitative estimate of drug-likeness (QED) is 0.670. The second-order valence-corrected chi connectivity index (χ2v) is 10.4. The number of carbonyl (C=O) groups is 1. The summed E-state index contributed by atoms with van der Waals surface area (Å²) in [6.07, 6.45) is -2.64. The molecule has 11 heteroatoms. The van der Waals surface area contributed by atoms with E-state index < -0.39 is 27.6 Å². The van der Waals surface area contributed by atoms with Crippen LogP contribution in [0.5, 0.6) is 0 Å². The summed E-state index contributed by atoms with van der Waals surface area (Å²) in [4.78, 5) is 14.7. The van der Waals surface area contributed by atoms with Crippen LogP contribution < -0.4 is 5.32 Å². The zero-order valence-electron chi connectivity index (χ0n) is 17.8. The molecule has 0 aliphatic carbocycles. The van der Waals surface area contributed by atoms with Crippen LogP contribution in [0.1, 0.15) is 23.1 Å². The van der Waals surface area contributed by atoms with Crippen molar-refractivity contribution in [3.8, 4) is 0 Å². The molecule has 4 rings (SSSR count). The number of benzene rings is 2. The Morgan fingerprint density at radius 1 is 1.15 bits per heavy atom. The van der Waals surface area contributed by atoms with Crippen LogP contribution in [0.4, 0.5) is 28.9 Å². The first-order chi connectivity index (χ1) is 15.4. The van der Waals surface area contributed by atoms with Crippen LogP contribution in [-0.4, -0.2) is 49.4 Å². The van der Waals surface area contributed by atoms with Gasteiger partial charge in [0, 0.05) is 37.6 Å². The number of alkyl halides is 3. The number of carbonyl (C=O) groups excluding carboxylic acids is 1. The van der Waals surface area contributed by atoms with Crippen LogP contribution in [0.3, 0.4) is 0 Å². The summed E-state index contributed by atoms with van der Waals surface area (Å²) >= 11 is 0. The molecule has 0 bridgehead atoms. The summed E-state index contributed by atoms with van der Waals surface area (Å²) in [5.74, 6) is -1.82. The average Bonchev–Trinajstić information content (AvgIpc) is 3.23. The second kappa shape index (κ2) is 8.60. The van der Waals surface area contributed by atoms with Crippen molar-refractivity contribution in [1.82, 2.24) is 9.21 Å². The van der Waals surface area contributed by atoms with Crippen LogP contribution in [0.15, 0.2) is 36.4 Å². The summed E-state index contributed by atoms with van der Waals surface area (Å²) < 4.78 is 77.1. The molecule has 6 nitrogen and oxygen atoms in total. The van der Waals surface area contributed by atoms with Crippen molar-refractivity contribution >= 4 is 27.3 Å². The van der Waals surface area contributed by atoms with Crippen molar-refractivity contribution < 1.29 is 30.8 Å². The Morgan fingerprint density at radius 2 is 1.91 bits per heavy atom. The van der Waals surface area contributed by atoms with Crippen LogP contribution in [0, 0.1) is 11.7 Å². The molecule has 1 N–H and O–H groups in total. The van der Waals surface area contributed by atoms with Crippen LogP contribution in [0.25, 0.3) is 0 Å². The molecule has 1 unspecified atom stereocenters. The highest BCUT2D eigenvalue weighted by Gasteiger charge is 2.36. The fourth-order valence-corrected chi connectivity index (χ4v) is 5.27. The molecular formula is C22H23F4N3O3S. The highest BCUT2D eigenvalue weighted by atomic mass is 32.2. The summed E-state index contributed by atoms with van der Waals surface area (Å²) in [6, 6.07) is 8.08. The Morgan fingerprint density at radius 3 is 2.55 bits per heavy atom. The fraction of sp³-hybridized carbons (Fsp3) is 0.409. The number of anilines is 2. The molecule has 2 aliphatic heterocycles. The maximum absolute atomic E-state index is 13.9. The van der Waals surface area contributed by atoms with Crippen molar-refractivity contribution in [3.63, 3.8) is 0 Å². The maximum Gasteiger partial charge on any atom is 0.419 e. The molecule has 178 valence electrons. The summed E-state index contributed by atoms with van der Waals surface area (Å²) in [5.41, 5.74) is 1.30. The number of rotatable bonds is 4. The Balaban J connectivity index is 1.48. The van der Waals surface area contributed by atoms with Crippen LogP contribution >= 0.6 is 0 Å². The predicted octanol–water partition coefficient (Wildman–Crippen LogP) is 3.75. The smallest absolute Gasteiger partial charge is 0.355 e. The molecule has 1 atom stereocenters. The van der Waals surface area contributed by atoms with Gasteiger partial charge < -0.3 is 10.2 Å². The molecule has 1 saturated heterocycles. The highest BCUT2D eigenvalue weighted by molar-refractivity contribution is 7.88. The van der Waals surface area contributed by atoms with Crippen molar-refractivity contribution in [2.75, 3.05) is 31.2 Å². The molecular weight excluding hydrogens is 462 g/mol. The number of nitrogens with one attached hydrogen (secondary N) is 1. The third-order valence-electron chi connectivity index (χ3n) is 6.10. The summed E-state index contributed by atoms with van der Waals surface area (Å²) in [7, 11) is -3.33. The molecule has 0 radical (unpaired) electrons. The Hall–Kier alpha value is -2.66. The number of amides is 1. The van der Waals surface area contributed by atoms with Gasteiger partial charge in [0.15, 0.2) is 0 Å². The Labute approximate surface area is 189 Å².